The van der Waals surface area contributed by atoms with E-state index < -0.39 is 0 Å². The van der Waals surface area contributed by atoms with E-state index in [1.165, 1.54) is 15.3 Å². The Morgan fingerprint density at radius 3 is 2.58 bits per heavy atom. The molecule has 12 heavy (non-hydrogen) atoms. The molecule has 1 atom stereocenters. The van der Waals surface area contributed by atoms with Crippen LogP contribution in [0.5, 0.6) is 0 Å². The molecule has 1 nitrogen and oxygen atoms in total. The number of nitrogens with one attached hydrogen (secondary N) is 1. The Kier molecular flexibility index (Phi) is 3.06. The molecule has 0 radical (unpaired) electrons. The minimum atomic E-state index is 0.308. The molecule has 0 amide bonds. The second-order valence-corrected chi connectivity index (χ2v) is 4.18. The monoisotopic (exact) mass is 181 g/mol. The Labute approximate surface area is 78.1 Å². The summed E-state index contributed by atoms with van der Waals surface area (Å²) >= 11 is 1.84. The second kappa shape index (κ2) is 3.87. The molecule has 0 saturated carbocycles. The van der Waals surface area contributed by atoms with Crippen molar-refractivity contribution in [2.45, 2.75) is 19.9 Å². The smallest absolute Gasteiger partial charge is 0.0595 e. The van der Waals surface area contributed by atoms with Crippen molar-refractivity contribution in [2.24, 2.45) is 0 Å². The highest BCUT2D eigenvalue weighted by Gasteiger charge is 2.08. The van der Waals surface area contributed by atoms with Crippen LogP contribution in [0.4, 0.5) is 0 Å². The number of rotatable bonds is 3. The van der Waals surface area contributed by atoms with Gasteiger partial charge in [-0.2, -0.15) is 0 Å². The van der Waals surface area contributed by atoms with E-state index >= 15 is 0 Å². The summed E-state index contributed by atoms with van der Waals surface area (Å²) in [5.41, 5.74) is 1.37. The number of likely N-dealkylation sites (N-methyl/N-ethyl adjacent to an activating group) is 1. The number of aryl methyl sites for hydroxylation is 2. The maximum Gasteiger partial charge on any atom is 0.0595 e. The van der Waals surface area contributed by atoms with Gasteiger partial charge in [-0.25, -0.2) is 0 Å². The Bertz CT molecular complexity index is 256. The highest BCUT2D eigenvalue weighted by Crippen LogP contribution is 2.26. The summed E-state index contributed by atoms with van der Waals surface area (Å²) in [7, 11) is 1.96. The van der Waals surface area contributed by atoms with Crippen LogP contribution >= 0.6 is 11.3 Å². The van der Waals surface area contributed by atoms with Crippen LogP contribution in [0.25, 0.3) is 0 Å². The average molecular weight is 181 g/mol. The second-order valence-electron chi connectivity index (χ2n) is 2.89. The third kappa shape index (κ3) is 1.76. The van der Waals surface area contributed by atoms with Crippen molar-refractivity contribution >= 4 is 11.3 Å². The van der Waals surface area contributed by atoms with Crippen LogP contribution in [0.2, 0.25) is 0 Å². The molecule has 1 N–H and O–H groups in total. The Balaban J connectivity index is 2.94. The normalized spacial score (nSPS) is 12.9. The minimum absolute atomic E-state index is 0.308. The van der Waals surface area contributed by atoms with Crippen molar-refractivity contribution in [2.75, 3.05) is 7.05 Å². The summed E-state index contributed by atoms with van der Waals surface area (Å²) in [5.74, 6) is 0. The van der Waals surface area contributed by atoms with Crippen LogP contribution in [0.15, 0.2) is 18.7 Å². The number of hydrogen-bond acceptors (Lipinski definition) is 2. The van der Waals surface area contributed by atoms with Gasteiger partial charge in [0.05, 0.1) is 6.04 Å². The lowest BCUT2D eigenvalue weighted by atomic mass is 10.2. The lowest BCUT2D eigenvalue weighted by molar-refractivity contribution is 0.728. The molecule has 0 fully saturated rings. The quantitative estimate of drug-likeness (QED) is 0.707. The van der Waals surface area contributed by atoms with E-state index in [0.29, 0.717) is 6.04 Å². The van der Waals surface area contributed by atoms with Gasteiger partial charge in [0, 0.05) is 9.75 Å². The minimum Gasteiger partial charge on any atom is -0.309 e. The molecular weight excluding hydrogens is 166 g/mol. The molecule has 0 aromatic carbocycles. The lowest BCUT2D eigenvalue weighted by Gasteiger charge is -2.07. The zero-order valence-corrected chi connectivity index (χ0v) is 8.66. The number of thiophene rings is 1. The van der Waals surface area contributed by atoms with Gasteiger partial charge in [-0.3, -0.25) is 0 Å². The van der Waals surface area contributed by atoms with Crippen molar-refractivity contribution in [1.82, 2.24) is 5.32 Å². The molecule has 0 aliphatic rings. The molecule has 0 spiro atoms. The fourth-order valence-electron chi connectivity index (χ4n) is 1.13. The fourth-order valence-corrected chi connectivity index (χ4v) is 2.28. The Morgan fingerprint density at radius 1 is 1.58 bits per heavy atom. The van der Waals surface area contributed by atoms with E-state index in [9.17, 15) is 0 Å². The van der Waals surface area contributed by atoms with Gasteiger partial charge >= 0.3 is 0 Å². The van der Waals surface area contributed by atoms with E-state index in [2.05, 4.69) is 31.8 Å². The van der Waals surface area contributed by atoms with E-state index in [1.807, 2.05) is 24.5 Å². The summed E-state index contributed by atoms with van der Waals surface area (Å²) in [6, 6.07) is 2.53. The first-order chi connectivity index (χ1) is 5.69. The van der Waals surface area contributed by atoms with Crippen molar-refractivity contribution in [3.63, 3.8) is 0 Å². The maximum atomic E-state index is 3.79. The molecule has 0 bridgehead atoms. The third-order valence-corrected chi connectivity index (χ3v) is 3.27. The van der Waals surface area contributed by atoms with E-state index in [-0.39, 0.29) is 0 Å². The molecule has 0 aliphatic carbocycles. The summed E-state index contributed by atoms with van der Waals surface area (Å²) in [4.78, 5) is 2.74. The molecule has 1 heterocycles. The Hall–Kier alpha value is -0.600. The summed E-state index contributed by atoms with van der Waals surface area (Å²) in [5, 5.41) is 3.20. The lowest BCUT2D eigenvalue weighted by Crippen LogP contribution is -2.11. The van der Waals surface area contributed by atoms with Crippen LogP contribution < -0.4 is 5.32 Å². The molecule has 1 aromatic rings. The molecule has 0 saturated heterocycles. The molecule has 2 heteroatoms. The summed E-state index contributed by atoms with van der Waals surface area (Å²) < 4.78 is 0. The van der Waals surface area contributed by atoms with Crippen LogP contribution in [0.1, 0.15) is 21.4 Å². The molecular formula is C10H15NS. The van der Waals surface area contributed by atoms with Gasteiger partial charge in [0.1, 0.15) is 0 Å². The largest absolute Gasteiger partial charge is 0.309 e. The SMILES string of the molecule is C=CC(NC)c1cc(C)c(C)s1. The van der Waals surface area contributed by atoms with Crippen molar-refractivity contribution in [3.8, 4) is 0 Å². The first-order valence-corrected chi connectivity index (χ1v) is 4.87. The van der Waals surface area contributed by atoms with Crippen LogP contribution in [0.3, 0.4) is 0 Å². The van der Waals surface area contributed by atoms with Gasteiger partial charge in [0.25, 0.3) is 0 Å². The van der Waals surface area contributed by atoms with E-state index in [0.717, 1.165) is 0 Å². The third-order valence-electron chi connectivity index (χ3n) is 2.04. The molecule has 1 aromatic heterocycles. The van der Waals surface area contributed by atoms with Gasteiger partial charge in [-0.15, -0.1) is 17.9 Å². The summed E-state index contributed by atoms with van der Waals surface area (Å²) in [6.07, 6.45) is 1.94. The molecule has 0 aliphatic heterocycles. The highest BCUT2D eigenvalue weighted by atomic mass is 32.1. The van der Waals surface area contributed by atoms with Crippen LogP contribution in [0, 0.1) is 13.8 Å². The highest BCUT2D eigenvalue weighted by molar-refractivity contribution is 7.12. The van der Waals surface area contributed by atoms with E-state index in [4.69, 9.17) is 0 Å². The first kappa shape index (κ1) is 9.49. The van der Waals surface area contributed by atoms with Crippen molar-refractivity contribution in [1.29, 1.82) is 0 Å². The maximum absolute atomic E-state index is 3.79. The topological polar surface area (TPSA) is 12.0 Å². The fraction of sp³-hybridized carbons (Fsp3) is 0.400. The van der Waals surface area contributed by atoms with Crippen molar-refractivity contribution in [3.05, 3.63) is 34.0 Å². The average Bonchev–Trinajstić information content (AvgIpc) is 2.35. The van der Waals surface area contributed by atoms with Gasteiger partial charge in [0.15, 0.2) is 0 Å². The van der Waals surface area contributed by atoms with Gasteiger partial charge in [-0.05, 0) is 32.5 Å². The predicted octanol–water partition coefficient (Wildman–Crippen LogP) is 2.81. The molecule has 66 valence electrons. The standard InChI is InChI=1S/C10H15NS/c1-5-9(11-4)10-6-7(2)8(3)12-10/h5-6,9,11H,1H2,2-4H3. The van der Waals surface area contributed by atoms with Crippen LogP contribution in [-0.4, -0.2) is 7.05 Å². The Morgan fingerprint density at radius 2 is 2.25 bits per heavy atom. The van der Waals surface area contributed by atoms with Crippen LogP contribution in [-0.2, 0) is 0 Å². The van der Waals surface area contributed by atoms with E-state index in [1.54, 1.807) is 0 Å². The zero-order valence-electron chi connectivity index (χ0n) is 7.85. The van der Waals surface area contributed by atoms with Gasteiger partial charge in [0.2, 0.25) is 0 Å². The van der Waals surface area contributed by atoms with Gasteiger partial charge < -0.3 is 5.32 Å². The predicted molar refractivity (Wildman–Crippen MR) is 55.8 cm³/mol. The van der Waals surface area contributed by atoms with Crippen molar-refractivity contribution < 1.29 is 0 Å². The van der Waals surface area contributed by atoms with Gasteiger partial charge in [-0.1, -0.05) is 6.08 Å². The zero-order chi connectivity index (χ0) is 9.14. The first-order valence-electron chi connectivity index (χ1n) is 4.05. The summed E-state index contributed by atoms with van der Waals surface area (Å²) in [6.45, 7) is 8.09. The molecule has 1 unspecified atom stereocenters. The molecule has 1 rings (SSSR count). The number of hydrogen-bond donors (Lipinski definition) is 1.